The van der Waals surface area contributed by atoms with Crippen molar-refractivity contribution in [3.05, 3.63) is 23.7 Å². The lowest BCUT2D eigenvalue weighted by molar-refractivity contribution is 0.109. The van der Waals surface area contributed by atoms with Crippen LogP contribution in [0.25, 0.3) is 0 Å². The highest BCUT2D eigenvalue weighted by atomic mass is 16.3. The summed E-state index contributed by atoms with van der Waals surface area (Å²) in [5.74, 6) is 2.18. The van der Waals surface area contributed by atoms with Gasteiger partial charge in [0.25, 0.3) is 0 Å². The SMILES string of the molecule is CC(C)N(Cc1ccc(C=O)o1)CC1CC1. The topological polar surface area (TPSA) is 33.5 Å². The second kappa shape index (κ2) is 4.83. The Balaban J connectivity index is 1.95. The fourth-order valence-electron chi connectivity index (χ4n) is 1.83. The molecule has 16 heavy (non-hydrogen) atoms. The molecular weight excluding hydrogens is 202 g/mol. The van der Waals surface area contributed by atoms with Crippen LogP contribution in [0.2, 0.25) is 0 Å². The zero-order valence-electron chi connectivity index (χ0n) is 9.98. The summed E-state index contributed by atoms with van der Waals surface area (Å²) < 4.78 is 5.41. The average Bonchev–Trinajstić information content (AvgIpc) is 2.95. The number of nitrogens with zero attached hydrogens (tertiary/aromatic N) is 1. The molecule has 0 bridgehead atoms. The Morgan fingerprint density at radius 2 is 2.25 bits per heavy atom. The van der Waals surface area contributed by atoms with Crippen molar-refractivity contribution in [2.24, 2.45) is 5.92 Å². The van der Waals surface area contributed by atoms with E-state index in [2.05, 4.69) is 18.7 Å². The predicted octanol–water partition coefficient (Wildman–Crippen LogP) is 2.71. The van der Waals surface area contributed by atoms with E-state index in [0.717, 1.165) is 31.1 Å². The molecule has 3 nitrogen and oxygen atoms in total. The fraction of sp³-hybridized carbons (Fsp3) is 0.615. The second-order valence-corrected chi connectivity index (χ2v) is 4.89. The minimum Gasteiger partial charge on any atom is -0.457 e. The first-order chi connectivity index (χ1) is 7.69. The van der Waals surface area contributed by atoms with Crippen molar-refractivity contribution in [1.82, 2.24) is 4.90 Å². The van der Waals surface area contributed by atoms with E-state index in [1.807, 2.05) is 6.07 Å². The Bertz CT molecular complexity index is 353. The molecular formula is C13H19NO2. The molecule has 0 atom stereocenters. The van der Waals surface area contributed by atoms with Crippen LogP contribution < -0.4 is 0 Å². The van der Waals surface area contributed by atoms with Gasteiger partial charge in [-0.2, -0.15) is 0 Å². The van der Waals surface area contributed by atoms with Gasteiger partial charge < -0.3 is 4.42 Å². The first-order valence-corrected chi connectivity index (χ1v) is 5.97. The van der Waals surface area contributed by atoms with E-state index in [1.165, 1.54) is 12.8 Å². The van der Waals surface area contributed by atoms with Gasteiger partial charge >= 0.3 is 0 Å². The number of hydrogen-bond acceptors (Lipinski definition) is 3. The van der Waals surface area contributed by atoms with Crippen LogP contribution in [0.5, 0.6) is 0 Å². The molecule has 0 amide bonds. The molecule has 0 aromatic carbocycles. The van der Waals surface area contributed by atoms with Gasteiger partial charge in [-0.1, -0.05) is 0 Å². The van der Waals surface area contributed by atoms with Crippen LogP contribution in [0.3, 0.4) is 0 Å². The molecule has 1 aromatic rings. The number of furan rings is 1. The van der Waals surface area contributed by atoms with Gasteiger partial charge in [0.05, 0.1) is 6.54 Å². The van der Waals surface area contributed by atoms with Crippen molar-refractivity contribution >= 4 is 6.29 Å². The lowest BCUT2D eigenvalue weighted by Crippen LogP contribution is -2.32. The molecule has 0 radical (unpaired) electrons. The van der Waals surface area contributed by atoms with E-state index in [9.17, 15) is 4.79 Å². The van der Waals surface area contributed by atoms with Crippen molar-refractivity contribution in [2.75, 3.05) is 6.54 Å². The zero-order chi connectivity index (χ0) is 11.5. The molecule has 1 heterocycles. The molecule has 1 fully saturated rings. The molecule has 88 valence electrons. The first-order valence-electron chi connectivity index (χ1n) is 5.97. The van der Waals surface area contributed by atoms with Crippen molar-refractivity contribution in [3.8, 4) is 0 Å². The van der Waals surface area contributed by atoms with Crippen LogP contribution in [0.1, 0.15) is 43.0 Å². The lowest BCUT2D eigenvalue weighted by atomic mass is 10.2. The third-order valence-corrected chi connectivity index (χ3v) is 3.08. The van der Waals surface area contributed by atoms with Crippen molar-refractivity contribution in [2.45, 2.75) is 39.3 Å². The summed E-state index contributed by atoms with van der Waals surface area (Å²) in [5, 5.41) is 0. The van der Waals surface area contributed by atoms with Crippen LogP contribution in [0.15, 0.2) is 16.5 Å². The molecule has 0 aliphatic heterocycles. The highest BCUT2D eigenvalue weighted by Gasteiger charge is 2.25. The van der Waals surface area contributed by atoms with Gasteiger partial charge in [0.1, 0.15) is 5.76 Å². The molecule has 0 saturated heterocycles. The number of hydrogen-bond donors (Lipinski definition) is 0. The first kappa shape index (κ1) is 11.4. The van der Waals surface area contributed by atoms with Gasteiger partial charge in [0.15, 0.2) is 12.0 Å². The van der Waals surface area contributed by atoms with E-state index in [4.69, 9.17) is 4.42 Å². The predicted molar refractivity (Wildman–Crippen MR) is 62.4 cm³/mol. The zero-order valence-corrected chi connectivity index (χ0v) is 9.98. The van der Waals surface area contributed by atoms with Crippen molar-refractivity contribution in [1.29, 1.82) is 0 Å². The van der Waals surface area contributed by atoms with Gasteiger partial charge in [-0.15, -0.1) is 0 Å². The van der Waals surface area contributed by atoms with Crippen molar-refractivity contribution in [3.63, 3.8) is 0 Å². The summed E-state index contributed by atoms with van der Waals surface area (Å²) >= 11 is 0. The standard InChI is InChI=1S/C13H19NO2/c1-10(2)14(7-11-3-4-11)8-12-5-6-13(9-15)16-12/h5-6,9-11H,3-4,7-8H2,1-2H3. The van der Waals surface area contributed by atoms with Crippen molar-refractivity contribution < 1.29 is 9.21 Å². The minimum absolute atomic E-state index is 0.421. The summed E-state index contributed by atoms with van der Waals surface area (Å²) in [5.41, 5.74) is 0. The van der Waals surface area contributed by atoms with Crippen LogP contribution >= 0.6 is 0 Å². The molecule has 2 rings (SSSR count). The average molecular weight is 221 g/mol. The molecule has 1 aliphatic carbocycles. The van der Waals surface area contributed by atoms with Gasteiger partial charge in [0, 0.05) is 12.6 Å². The second-order valence-electron chi connectivity index (χ2n) is 4.89. The Hall–Kier alpha value is -1.09. The van der Waals surface area contributed by atoms with Gasteiger partial charge in [-0.3, -0.25) is 9.69 Å². The monoisotopic (exact) mass is 221 g/mol. The maximum atomic E-state index is 10.5. The number of aldehydes is 1. The van der Waals surface area contributed by atoms with Crippen LogP contribution in [-0.2, 0) is 6.54 Å². The van der Waals surface area contributed by atoms with E-state index < -0.39 is 0 Å². The molecule has 1 aliphatic rings. The highest BCUT2D eigenvalue weighted by Crippen LogP contribution is 2.30. The Morgan fingerprint density at radius 3 is 2.75 bits per heavy atom. The van der Waals surface area contributed by atoms with E-state index in [-0.39, 0.29) is 0 Å². The van der Waals surface area contributed by atoms with Crippen LogP contribution in [0, 0.1) is 5.92 Å². The van der Waals surface area contributed by atoms with E-state index in [1.54, 1.807) is 6.07 Å². The normalized spacial score (nSPS) is 16.0. The Morgan fingerprint density at radius 1 is 1.50 bits per heavy atom. The van der Waals surface area contributed by atoms with Crippen LogP contribution in [0.4, 0.5) is 0 Å². The smallest absolute Gasteiger partial charge is 0.185 e. The largest absolute Gasteiger partial charge is 0.457 e. The quantitative estimate of drug-likeness (QED) is 0.692. The number of carbonyl (C=O) groups excluding carboxylic acids is 1. The summed E-state index contributed by atoms with van der Waals surface area (Å²) in [6.07, 6.45) is 3.48. The summed E-state index contributed by atoms with van der Waals surface area (Å²) in [4.78, 5) is 12.9. The molecule has 0 spiro atoms. The van der Waals surface area contributed by atoms with E-state index >= 15 is 0 Å². The van der Waals surface area contributed by atoms with E-state index in [0.29, 0.717) is 11.8 Å². The molecule has 0 N–H and O–H groups in total. The summed E-state index contributed by atoms with van der Waals surface area (Å²) in [6.45, 7) is 6.36. The molecule has 1 saturated carbocycles. The van der Waals surface area contributed by atoms with Crippen LogP contribution in [-0.4, -0.2) is 23.8 Å². The molecule has 1 aromatic heterocycles. The maximum Gasteiger partial charge on any atom is 0.185 e. The molecule has 0 unspecified atom stereocenters. The Labute approximate surface area is 96.4 Å². The fourth-order valence-corrected chi connectivity index (χ4v) is 1.83. The van der Waals surface area contributed by atoms with Gasteiger partial charge in [0.2, 0.25) is 0 Å². The number of carbonyl (C=O) groups is 1. The maximum absolute atomic E-state index is 10.5. The van der Waals surface area contributed by atoms with Gasteiger partial charge in [-0.05, 0) is 44.7 Å². The minimum atomic E-state index is 0.421. The number of rotatable bonds is 6. The Kier molecular flexibility index (Phi) is 3.44. The lowest BCUT2D eigenvalue weighted by Gasteiger charge is -2.25. The highest BCUT2D eigenvalue weighted by molar-refractivity contribution is 5.70. The third kappa shape index (κ3) is 2.95. The summed E-state index contributed by atoms with van der Waals surface area (Å²) in [7, 11) is 0. The van der Waals surface area contributed by atoms with Gasteiger partial charge in [-0.25, -0.2) is 0 Å². The molecule has 3 heteroatoms. The summed E-state index contributed by atoms with van der Waals surface area (Å²) in [6, 6.07) is 4.15. The third-order valence-electron chi connectivity index (χ3n) is 3.08.